The summed E-state index contributed by atoms with van der Waals surface area (Å²) in [6, 6.07) is 0. The molecule has 0 spiro atoms. The van der Waals surface area contributed by atoms with Gasteiger partial charge in [0.1, 0.15) is 12.2 Å². The van der Waals surface area contributed by atoms with Gasteiger partial charge in [-0.1, -0.05) is 0 Å². The molecule has 0 heterocycles. The van der Waals surface area contributed by atoms with E-state index >= 15 is 0 Å². The number of Topliss-reactive ketones (excluding diaryl/α,β-unsaturated/α-hetero) is 1. The normalized spacial score (nSPS) is 8.36. The Morgan fingerprint density at radius 1 is 1.55 bits per heavy atom. The number of ketones is 1. The van der Waals surface area contributed by atoms with Crippen molar-refractivity contribution in [2.45, 2.75) is 19.3 Å². The Balaban J connectivity index is 3.54. The molecule has 0 fully saturated rings. The zero-order chi connectivity index (χ0) is 8.69. The van der Waals surface area contributed by atoms with Gasteiger partial charge >= 0.3 is 5.97 Å². The van der Waals surface area contributed by atoms with Crippen LogP contribution >= 0.6 is 0 Å². The van der Waals surface area contributed by atoms with Crippen molar-refractivity contribution in [2.24, 2.45) is 0 Å². The maximum Gasteiger partial charge on any atom is 0.313 e. The molecular formula is C8H10O3. The van der Waals surface area contributed by atoms with Gasteiger partial charge < -0.3 is 4.74 Å². The van der Waals surface area contributed by atoms with Crippen molar-refractivity contribution in [2.75, 3.05) is 7.11 Å². The number of terminal acetylenes is 1. The Hall–Kier alpha value is -1.30. The molecule has 0 aromatic heterocycles. The Morgan fingerprint density at radius 2 is 2.18 bits per heavy atom. The van der Waals surface area contributed by atoms with Crippen LogP contribution < -0.4 is 0 Å². The number of hydrogen-bond donors (Lipinski definition) is 0. The Bertz CT molecular complexity index is 188. The van der Waals surface area contributed by atoms with Crippen molar-refractivity contribution in [3.63, 3.8) is 0 Å². The number of esters is 1. The van der Waals surface area contributed by atoms with Crippen molar-refractivity contribution in [3.8, 4) is 12.3 Å². The zero-order valence-electron chi connectivity index (χ0n) is 6.42. The average Bonchev–Trinajstić information content (AvgIpc) is 2.00. The fraction of sp³-hybridized carbons (Fsp3) is 0.500. The molecule has 11 heavy (non-hydrogen) atoms. The van der Waals surface area contributed by atoms with Crippen molar-refractivity contribution >= 4 is 11.8 Å². The van der Waals surface area contributed by atoms with E-state index in [0.29, 0.717) is 6.42 Å². The topological polar surface area (TPSA) is 43.4 Å². The lowest BCUT2D eigenvalue weighted by molar-refractivity contribution is -0.143. The third-order valence-electron chi connectivity index (χ3n) is 1.12. The summed E-state index contributed by atoms with van der Waals surface area (Å²) in [5.41, 5.74) is 0. The minimum absolute atomic E-state index is 0.168. The van der Waals surface area contributed by atoms with Crippen LogP contribution in [0.3, 0.4) is 0 Å². The highest BCUT2D eigenvalue weighted by atomic mass is 16.5. The summed E-state index contributed by atoms with van der Waals surface area (Å²) in [7, 11) is 1.25. The largest absolute Gasteiger partial charge is 0.469 e. The summed E-state index contributed by atoms with van der Waals surface area (Å²) in [4.78, 5) is 21.3. The number of ether oxygens (including phenoxy) is 1. The average molecular weight is 154 g/mol. The number of carbonyl (C=O) groups is 2. The maximum absolute atomic E-state index is 10.8. The molecule has 0 aliphatic carbocycles. The van der Waals surface area contributed by atoms with E-state index in [-0.39, 0.29) is 18.6 Å². The van der Waals surface area contributed by atoms with E-state index in [1.54, 1.807) is 0 Å². The fourth-order valence-corrected chi connectivity index (χ4v) is 0.533. The molecule has 0 aliphatic rings. The van der Waals surface area contributed by atoms with E-state index in [2.05, 4.69) is 10.7 Å². The van der Waals surface area contributed by atoms with Gasteiger partial charge in [-0.15, -0.1) is 12.3 Å². The molecule has 0 aromatic rings. The monoisotopic (exact) mass is 154 g/mol. The fourth-order valence-electron chi connectivity index (χ4n) is 0.533. The quantitative estimate of drug-likeness (QED) is 0.337. The first kappa shape index (κ1) is 9.70. The molecule has 0 amide bonds. The molecule has 0 saturated heterocycles. The van der Waals surface area contributed by atoms with Crippen LogP contribution in [0.1, 0.15) is 19.3 Å². The molecule has 3 nitrogen and oxygen atoms in total. The van der Waals surface area contributed by atoms with Crippen molar-refractivity contribution in [3.05, 3.63) is 0 Å². The second-order valence-corrected chi connectivity index (χ2v) is 2.00. The molecule has 0 rings (SSSR count). The minimum Gasteiger partial charge on any atom is -0.469 e. The van der Waals surface area contributed by atoms with E-state index in [1.165, 1.54) is 7.11 Å². The first-order chi connectivity index (χ1) is 5.20. The lowest BCUT2D eigenvalue weighted by atomic mass is 10.2. The number of rotatable bonds is 4. The molecule has 0 bridgehead atoms. The van der Waals surface area contributed by atoms with Crippen LogP contribution in [-0.2, 0) is 14.3 Å². The summed E-state index contributed by atoms with van der Waals surface area (Å²) in [5.74, 6) is 1.64. The van der Waals surface area contributed by atoms with Gasteiger partial charge in [-0.05, 0) is 0 Å². The number of carbonyl (C=O) groups excluding carboxylic acids is 2. The van der Waals surface area contributed by atoms with Gasteiger partial charge in [-0.3, -0.25) is 9.59 Å². The van der Waals surface area contributed by atoms with Crippen LogP contribution in [0.5, 0.6) is 0 Å². The number of methoxy groups -OCH3 is 1. The molecule has 0 saturated carbocycles. The highest BCUT2D eigenvalue weighted by Gasteiger charge is 2.07. The van der Waals surface area contributed by atoms with Gasteiger partial charge in [0.2, 0.25) is 0 Å². The molecule has 0 aromatic carbocycles. The van der Waals surface area contributed by atoms with E-state index < -0.39 is 5.97 Å². The predicted molar refractivity (Wildman–Crippen MR) is 39.7 cm³/mol. The summed E-state index contributed by atoms with van der Waals surface area (Å²) >= 11 is 0. The Labute approximate surface area is 65.7 Å². The van der Waals surface area contributed by atoms with E-state index in [0.717, 1.165) is 0 Å². The molecule has 0 N–H and O–H groups in total. The lowest BCUT2D eigenvalue weighted by Crippen LogP contribution is -2.08. The van der Waals surface area contributed by atoms with E-state index in [4.69, 9.17) is 6.42 Å². The molecule has 60 valence electrons. The standard InChI is InChI=1S/C8H10O3/c1-3-4-5-7(9)6-8(10)11-2/h1H,4-6H2,2H3. The highest BCUT2D eigenvalue weighted by molar-refractivity contribution is 5.95. The minimum atomic E-state index is -0.507. The van der Waals surface area contributed by atoms with E-state index in [1.807, 2.05) is 0 Å². The van der Waals surface area contributed by atoms with Gasteiger partial charge in [0, 0.05) is 12.8 Å². The predicted octanol–water partition coefficient (Wildman–Crippen LogP) is 0.532. The zero-order valence-corrected chi connectivity index (χ0v) is 6.42. The Kier molecular flexibility index (Phi) is 4.83. The van der Waals surface area contributed by atoms with Crippen LogP contribution in [0.15, 0.2) is 0 Å². The molecule has 0 radical (unpaired) electrons. The highest BCUT2D eigenvalue weighted by Crippen LogP contribution is 1.94. The van der Waals surface area contributed by atoms with Crippen molar-refractivity contribution < 1.29 is 14.3 Å². The van der Waals surface area contributed by atoms with Gasteiger partial charge in [-0.25, -0.2) is 0 Å². The van der Waals surface area contributed by atoms with Crippen molar-refractivity contribution in [1.29, 1.82) is 0 Å². The third-order valence-corrected chi connectivity index (χ3v) is 1.12. The van der Waals surface area contributed by atoms with Crippen LogP contribution in [0.2, 0.25) is 0 Å². The van der Waals surface area contributed by atoms with Crippen molar-refractivity contribution in [1.82, 2.24) is 0 Å². The molecule has 0 atom stereocenters. The SMILES string of the molecule is C#CCCC(=O)CC(=O)OC. The summed E-state index contributed by atoms with van der Waals surface area (Å²) in [5, 5.41) is 0. The molecular weight excluding hydrogens is 144 g/mol. The summed E-state index contributed by atoms with van der Waals surface area (Å²) in [6.07, 6.45) is 5.39. The molecule has 0 unspecified atom stereocenters. The van der Waals surface area contributed by atoms with E-state index in [9.17, 15) is 9.59 Å². The lowest BCUT2D eigenvalue weighted by Gasteiger charge is -1.95. The number of hydrogen-bond acceptors (Lipinski definition) is 3. The molecule has 0 aliphatic heterocycles. The Morgan fingerprint density at radius 3 is 2.64 bits per heavy atom. The smallest absolute Gasteiger partial charge is 0.313 e. The second kappa shape index (κ2) is 5.48. The first-order valence-corrected chi connectivity index (χ1v) is 3.22. The van der Waals surface area contributed by atoms with Gasteiger partial charge in [0.25, 0.3) is 0 Å². The summed E-state index contributed by atoms with van der Waals surface area (Å²) in [6.45, 7) is 0. The maximum atomic E-state index is 10.8. The van der Waals surface area contributed by atoms with Gasteiger partial charge in [0.05, 0.1) is 7.11 Å². The van der Waals surface area contributed by atoms with Gasteiger partial charge in [-0.2, -0.15) is 0 Å². The van der Waals surface area contributed by atoms with Crippen LogP contribution in [0.4, 0.5) is 0 Å². The summed E-state index contributed by atoms with van der Waals surface area (Å²) < 4.78 is 4.29. The molecule has 3 heteroatoms. The van der Waals surface area contributed by atoms with Crippen LogP contribution in [-0.4, -0.2) is 18.9 Å². The second-order valence-electron chi connectivity index (χ2n) is 2.00. The third kappa shape index (κ3) is 5.16. The van der Waals surface area contributed by atoms with Crippen LogP contribution in [0.25, 0.3) is 0 Å². The van der Waals surface area contributed by atoms with Gasteiger partial charge in [0.15, 0.2) is 0 Å². The van der Waals surface area contributed by atoms with Crippen LogP contribution in [0, 0.1) is 12.3 Å². The first-order valence-electron chi connectivity index (χ1n) is 3.22.